The predicted molar refractivity (Wildman–Crippen MR) is 133 cm³/mol. The summed E-state index contributed by atoms with van der Waals surface area (Å²) >= 11 is 13.1. The van der Waals surface area contributed by atoms with Crippen LogP contribution in [0.5, 0.6) is 0 Å². The number of ether oxygens (including phenoxy) is 2. The summed E-state index contributed by atoms with van der Waals surface area (Å²) in [6.45, 7) is 18.3. The molecule has 0 unspecified atom stereocenters. The molecular formula is C24H35Cl2N3O2Si. The second kappa shape index (κ2) is 7.42. The minimum Gasteiger partial charge on any atom is -0.344 e. The van der Waals surface area contributed by atoms with Gasteiger partial charge in [-0.25, -0.2) is 9.97 Å². The topological polar surface area (TPSA) is 49.2 Å². The van der Waals surface area contributed by atoms with E-state index in [0.29, 0.717) is 38.6 Å². The van der Waals surface area contributed by atoms with Crippen LogP contribution in [0.15, 0.2) is 6.07 Å². The van der Waals surface area contributed by atoms with E-state index >= 15 is 0 Å². The van der Waals surface area contributed by atoms with Gasteiger partial charge in [0.05, 0.1) is 22.6 Å². The molecule has 0 N–H and O–H groups in total. The van der Waals surface area contributed by atoms with E-state index in [1.54, 1.807) is 6.07 Å². The van der Waals surface area contributed by atoms with Crippen molar-refractivity contribution >= 4 is 47.9 Å². The van der Waals surface area contributed by atoms with Crippen molar-refractivity contribution in [1.29, 1.82) is 0 Å². The second-order valence-corrected chi connectivity index (χ2v) is 18.0. The van der Waals surface area contributed by atoms with Gasteiger partial charge in [0.25, 0.3) is 0 Å². The van der Waals surface area contributed by atoms with Crippen LogP contribution in [0.25, 0.3) is 11.2 Å². The lowest BCUT2D eigenvalue weighted by Crippen LogP contribution is -2.60. The molecule has 1 aliphatic heterocycles. The molecule has 176 valence electrons. The van der Waals surface area contributed by atoms with E-state index in [4.69, 9.17) is 42.6 Å². The van der Waals surface area contributed by atoms with Crippen LogP contribution in [0.3, 0.4) is 0 Å². The molecule has 2 saturated carbocycles. The molecule has 3 aliphatic rings. The van der Waals surface area contributed by atoms with E-state index < -0.39 is 13.9 Å². The van der Waals surface area contributed by atoms with Crippen molar-refractivity contribution in [2.24, 2.45) is 11.8 Å². The number of rotatable bonds is 5. The third-order valence-electron chi connectivity index (χ3n) is 8.37. The smallest absolute Gasteiger partial charge is 0.163 e. The Labute approximate surface area is 202 Å². The Bertz CT molecular complexity index is 1050. The highest BCUT2D eigenvalue weighted by atomic mass is 35.5. The number of aromatic nitrogens is 3. The largest absolute Gasteiger partial charge is 0.344 e. The summed E-state index contributed by atoms with van der Waals surface area (Å²) < 4.78 is 15.3. The summed E-state index contributed by atoms with van der Waals surface area (Å²) in [5, 5.41) is 0.983. The predicted octanol–water partition coefficient (Wildman–Crippen LogP) is 6.33. The Hall–Kier alpha value is -0.663. The first-order valence-corrected chi connectivity index (χ1v) is 15.0. The standard InChI is InChI=1S/C24H35Cl2N3O2Si/c1-11(2)32(12(3)4,13(5)6)23-28-18-16(25)10-17(26)27-22(18)29(23)19-14-9-15(14)20-21(19)31-24(7,8)30-20/h10-15,19-21H,9H2,1-8H3/t14-,15+,19+,20+,21-/m0/s1. The number of halogens is 2. The van der Waals surface area contributed by atoms with Gasteiger partial charge in [-0.1, -0.05) is 64.7 Å². The molecule has 3 fully saturated rings. The molecule has 0 radical (unpaired) electrons. The quantitative estimate of drug-likeness (QED) is 0.358. The highest BCUT2D eigenvalue weighted by Crippen LogP contribution is 2.63. The molecule has 0 amide bonds. The van der Waals surface area contributed by atoms with Crippen molar-refractivity contribution in [3.05, 3.63) is 16.2 Å². The highest BCUT2D eigenvalue weighted by Gasteiger charge is 2.67. The molecule has 0 spiro atoms. The summed E-state index contributed by atoms with van der Waals surface area (Å²) in [6.07, 6.45) is 1.30. The van der Waals surface area contributed by atoms with Crippen LogP contribution in [0, 0.1) is 11.8 Å². The van der Waals surface area contributed by atoms with Crippen LogP contribution < -0.4 is 5.45 Å². The van der Waals surface area contributed by atoms with Gasteiger partial charge in [0.2, 0.25) is 0 Å². The SMILES string of the molecule is CC(C)[Si](c1nc2c(Cl)cc(Cl)nc2n1[C@@H]1[C@H]2C[C@H]2[C@H]2OC(C)(C)O[C@H]21)(C(C)C)C(C)C. The average Bonchev–Trinajstić information content (AvgIpc) is 3.13. The van der Waals surface area contributed by atoms with Crippen molar-refractivity contribution in [2.45, 2.75) is 102 Å². The van der Waals surface area contributed by atoms with Gasteiger partial charge in [-0.2, -0.15) is 0 Å². The van der Waals surface area contributed by atoms with Gasteiger partial charge < -0.3 is 14.0 Å². The molecule has 2 aromatic heterocycles. The maximum Gasteiger partial charge on any atom is 0.163 e. The summed E-state index contributed by atoms with van der Waals surface area (Å²) in [6, 6.07) is 1.86. The zero-order valence-electron chi connectivity index (χ0n) is 20.3. The molecule has 5 rings (SSSR count). The minimum absolute atomic E-state index is 0.00245. The van der Waals surface area contributed by atoms with Crippen molar-refractivity contribution in [1.82, 2.24) is 14.5 Å². The van der Waals surface area contributed by atoms with E-state index in [2.05, 4.69) is 46.1 Å². The van der Waals surface area contributed by atoms with Crippen molar-refractivity contribution < 1.29 is 9.47 Å². The lowest BCUT2D eigenvalue weighted by Gasteiger charge is -2.43. The van der Waals surface area contributed by atoms with Crippen LogP contribution in [-0.4, -0.2) is 40.6 Å². The maximum atomic E-state index is 6.71. The van der Waals surface area contributed by atoms with Crippen molar-refractivity contribution in [3.8, 4) is 0 Å². The molecular weight excluding hydrogens is 461 g/mol. The molecule has 5 nitrogen and oxygen atoms in total. The van der Waals surface area contributed by atoms with E-state index in [-0.39, 0.29) is 18.2 Å². The van der Waals surface area contributed by atoms with Crippen molar-refractivity contribution in [2.75, 3.05) is 0 Å². The monoisotopic (exact) mass is 495 g/mol. The van der Waals surface area contributed by atoms with Crippen LogP contribution in [0.1, 0.15) is 67.9 Å². The molecule has 0 bridgehead atoms. The summed E-state index contributed by atoms with van der Waals surface area (Å²) in [7, 11) is -2.12. The Morgan fingerprint density at radius 2 is 1.56 bits per heavy atom. The fourth-order valence-electron chi connectivity index (χ4n) is 7.36. The van der Waals surface area contributed by atoms with Crippen LogP contribution in [0.4, 0.5) is 0 Å². The van der Waals surface area contributed by atoms with E-state index in [1.807, 2.05) is 13.8 Å². The van der Waals surface area contributed by atoms with E-state index in [1.165, 1.54) is 5.45 Å². The fraction of sp³-hybridized carbons (Fsp3) is 0.750. The van der Waals surface area contributed by atoms with Crippen LogP contribution >= 0.6 is 23.2 Å². The molecule has 5 atom stereocenters. The second-order valence-electron chi connectivity index (χ2n) is 11.4. The Balaban J connectivity index is 1.81. The lowest BCUT2D eigenvalue weighted by atomic mass is 10.1. The number of hydrogen-bond donors (Lipinski definition) is 0. The number of hydrogen-bond acceptors (Lipinski definition) is 4. The number of fused-ring (bicyclic) bond motifs is 4. The zero-order valence-corrected chi connectivity index (χ0v) is 22.8. The summed E-state index contributed by atoms with van der Waals surface area (Å²) in [5.74, 6) is 0.498. The van der Waals surface area contributed by atoms with Gasteiger partial charge in [0.1, 0.15) is 24.8 Å². The number of imidazole rings is 1. The molecule has 2 aromatic rings. The van der Waals surface area contributed by atoms with E-state index in [0.717, 1.165) is 17.6 Å². The van der Waals surface area contributed by atoms with Gasteiger partial charge in [-0.15, -0.1) is 0 Å². The molecule has 0 aromatic carbocycles. The normalized spacial score (nSPS) is 31.2. The number of nitrogens with zero attached hydrogens (tertiary/aromatic N) is 3. The maximum absolute atomic E-state index is 6.71. The molecule has 8 heteroatoms. The third kappa shape index (κ3) is 3.09. The van der Waals surface area contributed by atoms with Crippen LogP contribution in [0.2, 0.25) is 26.8 Å². The first-order valence-electron chi connectivity index (χ1n) is 12.0. The average molecular weight is 497 g/mol. The third-order valence-corrected chi connectivity index (χ3v) is 15.7. The zero-order chi connectivity index (χ0) is 23.3. The Kier molecular flexibility index (Phi) is 5.35. The lowest BCUT2D eigenvalue weighted by molar-refractivity contribution is -0.156. The van der Waals surface area contributed by atoms with Gasteiger partial charge >= 0.3 is 0 Å². The van der Waals surface area contributed by atoms with E-state index in [9.17, 15) is 0 Å². The Morgan fingerprint density at radius 1 is 0.969 bits per heavy atom. The summed E-state index contributed by atoms with van der Waals surface area (Å²) in [5.41, 5.74) is 4.31. The van der Waals surface area contributed by atoms with Crippen LogP contribution in [-0.2, 0) is 9.47 Å². The fourth-order valence-corrected chi connectivity index (χ4v) is 14.4. The first-order chi connectivity index (χ1) is 14.9. The van der Waals surface area contributed by atoms with Crippen molar-refractivity contribution in [3.63, 3.8) is 0 Å². The first kappa shape index (κ1) is 23.1. The van der Waals surface area contributed by atoms with Gasteiger partial charge in [-0.05, 0) is 54.8 Å². The Morgan fingerprint density at radius 3 is 2.16 bits per heavy atom. The summed E-state index contributed by atoms with van der Waals surface area (Å²) in [4.78, 5) is 10.1. The number of pyridine rings is 1. The minimum atomic E-state index is -2.12. The molecule has 2 aliphatic carbocycles. The molecule has 3 heterocycles. The van der Waals surface area contributed by atoms with Gasteiger partial charge in [0, 0.05) is 0 Å². The van der Waals surface area contributed by atoms with Gasteiger partial charge in [-0.3, -0.25) is 0 Å². The highest BCUT2D eigenvalue weighted by molar-refractivity contribution is 6.94. The molecule has 1 saturated heterocycles. The molecule has 32 heavy (non-hydrogen) atoms. The van der Waals surface area contributed by atoms with Gasteiger partial charge in [0.15, 0.2) is 11.4 Å².